The molecule has 4 rings (SSSR count). The molecule has 0 aliphatic carbocycles. The molecule has 0 spiro atoms. The van der Waals surface area contributed by atoms with E-state index in [2.05, 4.69) is 0 Å². The second kappa shape index (κ2) is 9.43. The average Bonchev–Trinajstić information content (AvgIpc) is 3.27. The first-order chi connectivity index (χ1) is 15.1. The van der Waals surface area contributed by atoms with Gasteiger partial charge in [-0.1, -0.05) is 91.0 Å². The van der Waals surface area contributed by atoms with E-state index in [9.17, 15) is 4.79 Å². The van der Waals surface area contributed by atoms with E-state index in [0.717, 1.165) is 28.1 Å². The summed E-state index contributed by atoms with van der Waals surface area (Å²) in [5.41, 5.74) is 3.89. The molecular formula is C27H26N2O2. The molecule has 0 N–H and O–H groups in total. The number of carbonyl (C=O) groups excluding carboxylic acids is 1. The topological polar surface area (TPSA) is 46.3 Å². The Balaban J connectivity index is 1.52. The number of carbonyl (C=O) groups is 1. The Kier molecular flexibility index (Phi) is 6.27. The first-order valence-electron chi connectivity index (χ1n) is 10.5. The summed E-state index contributed by atoms with van der Waals surface area (Å²) in [5, 5.41) is 0. The molecule has 0 saturated carbocycles. The summed E-state index contributed by atoms with van der Waals surface area (Å²) in [5.74, 6) is 1.38. The van der Waals surface area contributed by atoms with Crippen molar-refractivity contribution in [2.75, 3.05) is 7.05 Å². The lowest BCUT2D eigenvalue weighted by Crippen LogP contribution is -2.29. The quantitative estimate of drug-likeness (QED) is 0.366. The Morgan fingerprint density at radius 2 is 1.42 bits per heavy atom. The van der Waals surface area contributed by atoms with Crippen LogP contribution in [0.4, 0.5) is 0 Å². The van der Waals surface area contributed by atoms with Gasteiger partial charge in [-0.25, -0.2) is 4.98 Å². The number of benzene rings is 3. The molecule has 31 heavy (non-hydrogen) atoms. The van der Waals surface area contributed by atoms with Crippen LogP contribution in [0.5, 0.6) is 0 Å². The smallest absolute Gasteiger partial charge is 0.223 e. The number of aryl methyl sites for hydroxylation is 1. The predicted octanol–water partition coefficient (Wildman–Crippen LogP) is 6.16. The third-order valence-corrected chi connectivity index (χ3v) is 5.56. The molecule has 1 amide bonds. The zero-order valence-electron chi connectivity index (χ0n) is 17.9. The Morgan fingerprint density at radius 1 is 0.871 bits per heavy atom. The van der Waals surface area contributed by atoms with Gasteiger partial charge in [-0.05, 0) is 12.5 Å². The van der Waals surface area contributed by atoms with Gasteiger partial charge in [-0.3, -0.25) is 4.79 Å². The van der Waals surface area contributed by atoms with Gasteiger partial charge in [0.15, 0.2) is 11.7 Å². The maximum absolute atomic E-state index is 12.8. The summed E-state index contributed by atoms with van der Waals surface area (Å²) in [4.78, 5) is 19.4. The fourth-order valence-corrected chi connectivity index (χ4v) is 3.61. The van der Waals surface area contributed by atoms with Crippen molar-refractivity contribution in [3.05, 3.63) is 102 Å². The van der Waals surface area contributed by atoms with Crippen molar-refractivity contribution < 1.29 is 9.21 Å². The Morgan fingerprint density at radius 3 is 2.03 bits per heavy atom. The van der Waals surface area contributed by atoms with Crippen LogP contribution < -0.4 is 0 Å². The number of amides is 1. The second-order valence-electron chi connectivity index (χ2n) is 7.61. The van der Waals surface area contributed by atoms with Crippen LogP contribution in [-0.4, -0.2) is 22.8 Å². The van der Waals surface area contributed by atoms with Gasteiger partial charge in [0.2, 0.25) is 5.91 Å². The van der Waals surface area contributed by atoms with Gasteiger partial charge < -0.3 is 9.32 Å². The van der Waals surface area contributed by atoms with Gasteiger partial charge >= 0.3 is 0 Å². The van der Waals surface area contributed by atoms with E-state index in [1.807, 2.05) is 105 Å². The highest BCUT2D eigenvalue weighted by atomic mass is 16.4. The molecule has 4 nitrogen and oxygen atoms in total. The maximum Gasteiger partial charge on any atom is 0.223 e. The van der Waals surface area contributed by atoms with Gasteiger partial charge in [0.05, 0.1) is 6.04 Å². The number of aromatic nitrogens is 1. The molecule has 3 aromatic carbocycles. The van der Waals surface area contributed by atoms with Crippen LogP contribution in [0, 0.1) is 0 Å². The Hall–Kier alpha value is -3.66. The van der Waals surface area contributed by atoms with Crippen molar-refractivity contribution >= 4 is 5.91 Å². The fourth-order valence-electron chi connectivity index (χ4n) is 3.61. The molecule has 0 aliphatic heterocycles. The maximum atomic E-state index is 12.8. The van der Waals surface area contributed by atoms with Gasteiger partial charge in [-0.15, -0.1) is 0 Å². The van der Waals surface area contributed by atoms with Crippen LogP contribution in [0.15, 0.2) is 95.4 Å². The Labute approximate surface area is 183 Å². The number of nitrogens with zero attached hydrogens (tertiary/aromatic N) is 2. The van der Waals surface area contributed by atoms with Crippen LogP contribution in [0.1, 0.15) is 30.8 Å². The van der Waals surface area contributed by atoms with E-state index >= 15 is 0 Å². The zero-order valence-corrected chi connectivity index (χ0v) is 17.9. The van der Waals surface area contributed by atoms with E-state index in [0.29, 0.717) is 18.7 Å². The number of hydrogen-bond acceptors (Lipinski definition) is 3. The molecule has 0 saturated heterocycles. The molecule has 4 heteroatoms. The summed E-state index contributed by atoms with van der Waals surface area (Å²) >= 11 is 0. The SMILES string of the molecule is CC(c1ccccc1)N(C)C(=O)CCc1nc(-c2ccccc2)c(-c2ccccc2)o1. The number of rotatable bonds is 7. The standard InChI is InChI=1S/C27H26N2O2/c1-20(21-12-6-3-7-13-21)29(2)25(30)19-18-24-28-26(22-14-8-4-9-15-22)27(31-24)23-16-10-5-11-17-23/h3-17,20H,18-19H2,1-2H3. The lowest BCUT2D eigenvalue weighted by atomic mass is 10.1. The van der Waals surface area contributed by atoms with Crippen molar-refractivity contribution in [3.63, 3.8) is 0 Å². The molecular weight excluding hydrogens is 384 g/mol. The van der Waals surface area contributed by atoms with Crippen molar-refractivity contribution in [2.24, 2.45) is 0 Å². The van der Waals surface area contributed by atoms with Crippen molar-refractivity contribution in [3.8, 4) is 22.6 Å². The van der Waals surface area contributed by atoms with Gasteiger partial charge in [-0.2, -0.15) is 0 Å². The highest BCUT2D eigenvalue weighted by Gasteiger charge is 2.20. The average molecular weight is 411 g/mol. The van der Waals surface area contributed by atoms with Gasteiger partial charge in [0.1, 0.15) is 5.69 Å². The third kappa shape index (κ3) is 4.75. The number of hydrogen-bond donors (Lipinski definition) is 0. The largest absolute Gasteiger partial charge is 0.440 e. The highest BCUT2D eigenvalue weighted by Crippen LogP contribution is 2.33. The van der Waals surface area contributed by atoms with Gasteiger partial charge in [0.25, 0.3) is 0 Å². The minimum absolute atomic E-state index is 0.0121. The summed E-state index contributed by atoms with van der Waals surface area (Å²) < 4.78 is 6.15. The molecule has 0 radical (unpaired) electrons. The molecule has 1 atom stereocenters. The molecule has 4 aromatic rings. The minimum Gasteiger partial charge on any atom is -0.440 e. The van der Waals surface area contributed by atoms with Crippen molar-refractivity contribution in [1.82, 2.24) is 9.88 Å². The molecule has 0 bridgehead atoms. The fraction of sp³-hybridized carbons (Fsp3) is 0.185. The van der Waals surface area contributed by atoms with Crippen LogP contribution in [0.3, 0.4) is 0 Å². The van der Waals surface area contributed by atoms with E-state index in [1.54, 1.807) is 4.90 Å². The highest BCUT2D eigenvalue weighted by molar-refractivity contribution is 5.78. The van der Waals surface area contributed by atoms with Gasteiger partial charge in [0, 0.05) is 31.0 Å². The van der Waals surface area contributed by atoms with E-state index in [4.69, 9.17) is 9.40 Å². The van der Waals surface area contributed by atoms with Crippen LogP contribution in [0.25, 0.3) is 22.6 Å². The molecule has 1 aromatic heterocycles. The van der Waals surface area contributed by atoms with E-state index < -0.39 is 0 Å². The minimum atomic E-state index is 0.0121. The molecule has 1 unspecified atom stereocenters. The summed E-state index contributed by atoms with van der Waals surface area (Å²) in [6.45, 7) is 2.04. The molecule has 0 aliphatic rings. The lowest BCUT2D eigenvalue weighted by Gasteiger charge is -2.25. The van der Waals surface area contributed by atoms with E-state index in [1.165, 1.54) is 0 Å². The third-order valence-electron chi connectivity index (χ3n) is 5.56. The van der Waals surface area contributed by atoms with Crippen LogP contribution in [-0.2, 0) is 11.2 Å². The van der Waals surface area contributed by atoms with E-state index in [-0.39, 0.29) is 11.9 Å². The summed E-state index contributed by atoms with van der Waals surface area (Å²) in [6, 6.07) is 30.0. The van der Waals surface area contributed by atoms with Crippen molar-refractivity contribution in [1.29, 1.82) is 0 Å². The summed E-state index contributed by atoms with van der Waals surface area (Å²) in [6.07, 6.45) is 0.800. The summed E-state index contributed by atoms with van der Waals surface area (Å²) in [7, 11) is 1.85. The normalized spacial score (nSPS) is 11.8. The molecule has 0 fully saturated rings. The van der Waals surface area contributed by atoms with Crippen molar-refractivity contribution in [2.45, 2.75) is 25.8 Å². The monoisotopic (exact) mass is 410 g/mol. The Bertz CT molecular complexity index is 1060. The molecule has 156 valence electrons. The molecule has 1 heterocycles. The lowest BCUT2D eigenvalue weighted by molar-refractivity contribution is -0.131. The second-order valence-corrected chi connectivity index (χ2v) is 7.61. The zero-order chi connectivity index (χ0) is 21.6. The first kappa shape index (κ1) is 20.6. The number of oxazole rings is 1. The predicted molar refractivity (Wildman–Crippen MR) is 123 cm³/mol. The van der Waals surface area contributed by atoms with Crippen LogP contribution >= 0.6 is 0 Å². The van der Waals surface area contributed by atoms with Crippen LogP contribution in [0.2, 0.25) is 0 Å². The first-order valence-corrected chi connectivity index (χ1v) is 10.5.